The van der Waals surface area contributed by atoms with Gasteiger partial charge in [0.1, 0.15) is 11.6 Å². The van der Waals surface area contributed by atoms with Crippen molar-refractivity contribution in [3.8, 4) is 0 Å². The third-order valence-corrected chi connectivity index (χ3v) is 4.22. The van der Waals surface area contributed by atoms with Crippen LogP contribution < -0.4 is 10.2 Å². The van der Waals surface area contributed by atoms with Gasteiger partial charge in [-0.05, 0) is 37.1 Å². The van der Waals surface area contributed by atoms with Crippen LogP contribution in [0.5, 0.6) is 0 Å². The van der Waals surface area contributed by atoms with Gasteiger partial charge in [0.25, 0.3) is 0 Å². The smallest absolute Gasteiger partial charge is 0.364 e. The van der Waals surface area contributed by atoms with Gasteiger partial charge in [-0.3, -0.25) is 0 Å². The quantitative estimate of drug-likeness (QED) is 0.893. The number of rotatable bonds is 3. The molecule has 2 aromatic heterocycles. The molecule has 0 saturated carbocycles. The molecule has 24 heavy (non-hydrogen) atoms. The second-order valence-corrected chi connectivity index (χ2v) is 6.07. The first-order valence-corrected chi connectivity index (χ1v) is 7.96. The average molecular weight is 357 g/mol. The van der Waals surface area contributed by atoms with Crippen LogP contribution in [0.15, 0.2) is 36.7 Å². The van der Waals surface area contributed by atoms with Gasteiger partial charge in [0.05, 0.1) is 10.6 Å². The average Bonchev–Trinajstić information content (AvgIpc) is 2.57. The van der Waals surface area contributed by atoms with Gasteiger partial charge < -0.3 is 10.2 Å². The summed E-state index contributed by atoms with van der Waals surface area (Å²) in [7, 11) is 0. The summed E-state index contributed by atoms with van der Waals surface area (Å²) in [4.78, 5) is 10.1. The van der Waals surface area contributed by atoms with Gasteiger partial charge in [0.15, 0.2) is 0 Å². The number of aromatic nitrogens is 2. The second kappa shape index (κ2) is 6.84. The van der Waals surface area contributed by atoms with Crippen molar-refractivity contribution in [2.75, 3.05) is 23.3 Å². The normalized spacial score (nSPS) is 18.5. The summed E-state index contributed by atoms with van der Waals surface area (Å²) in [5.41, 5.74) is -0.738. The van der Waals surface area contributed by atoms with Gasteiger partial charge in [-0.1, -0.05) is 11.6 Å². The summed E-state index contributed by atoms with van der Waals surface area (Å²) in [6, 6.07) is 6.10. The van der Waals surface area contributed by atoms with Crippen molar-refractivity contribution in [1.82, 2.24) is 9.97 Å². The molecule has 1 fully saturated rings. The Balaban J connectivity index is 1.68. The molecule has 3 rings (SSSR count). The molecule has 0 aliphatic carbocycles. The molecule has 1 aliphatic heterocycles. The van der Waals surface area contributed by atoms with Gasteiger partial charge in [0.2, 0.25) is 0 Å². The first-order valence-electron chi connectivity index (χ1n) is 7.59. The van der Waals surface area contributed by atoms with E-state index < -0.39 is 11.7 Å². The molecule has 0 bridgehead atoms. The van der Waals surface area contributed by atoms with Crippen molar-refractivity contribution in [1.29, 1.82) is 0 Å². The zero-order chi connectivity index (χ0) is 17.2. The fourth-order valence-corrected chi connectivity index (χ4v) is 2.91. The lowest BCUT2D eigenvalue weighted by molar-refractivity contribution is -0.137. The van der Waals surface area contributed by atoms with E-state index in [1.165, 1.54) is 6.07 Å². The molecule has 4 nitrogen and oxygen atoms in total. The standard InChI is InChI=1S/C16H16ClF3N4/c17-13-4-1-7-21-15(13)23-12-3-2-8-24(10-12)14-6-5-11(9-22-14)16(18,19)20/h1,4-7,9,12H,2-3,8,10H2,(H,21,23)/t12-/m0/s1. The van der Waals surface area contributed by atoms with Crippen LogP contribution in [-0.2, 0) is 6.18 Å². The Kier molecular flexibility index (Phi) is 4.80. The Morgan fingerprint density at radius 1 is 1.21 bits per heavy atom. The van der Waals surface area contributed by atoms with Gasteiger partial charge in [-0.15, -0.1) is 0 Å². The van der Waals surface area contributed by atoms with E-state index in [0.717, 1.165) is 31.6 Å². The number of anilines is 2. The minimum Gasteiger partial charge on any atom is -0.364 e. The zero-order valence-corrected chi connectivity index (χ0v) is 13.5. The molecule has 1 saturated heterocycles. The summed E-state index contributed by atoms with van der Waals surface area (Å²) in [6.45, 7) is 1.39. The van der Waals surface area contributed by atoms with E-state index in [-0.39, 0.29) is 6.04 Å². The van der Waals surface area contributed by atoms with E-state index >= 15 is 0 Å². The molecule has 1 atom stereocenters. The maximum Gasteiger partial charge on any atom is 0.417 e. The van der Waals surface area contributed by atoms with E-state index in [4.69, 9.17) is 11.6 Å². The summed E-state index contributed by atoms with van der Waals surface area (Å²) >= 11 is 6.10. The predicted octanol–water partition coefficient (Wildman–Crippen LogP) is 4.23. The van der Waals surface area contributed by atoms with Gasteiger partial charge >= 0.3 is 6.18 Å². The number of halogens is 4. The Labute approximate surface area is 142 Å². The van der Waals surface area contributed by atoms with E-state index in [9.17, 15) is 13.2 Å². The van der Waals surface area contributed by atoms with Gasteiger partial charge in [-0.25, -0.2) is 9.97 Å². The molecule has 1 aliphatic rings. The third-order valence-electron chi connectivity index (χ3n) is 3.92. The minimum atomic E-state index is -4.37. The number of alkyl halides is 3. The van der Waals surface area contributed by atoms with Gasteiger partial charge in [0, 0.05) is 31.5 Å². The van der Waals surface area contributed by atoms with Crippen molar-refractivity contribution >= 4 is 23.2 Å². The van der Waals surface area contributed by atoms with Crippen LogP contribution in [0.2, 0.25) is 5.02 Å². The summed E-state index contributed by atoms with van der Waals surface area (Å²) in [5, 5.41) is 3.84. The van der Waals surface area contributed by atoms with Crippen LogP contribution in [0.1, 0.15) is 18.4 Å². The molecule has 128 valence electrons. The van der Waals surface area contributed by atoms with Crippen molar-refractivity contribution in [2.24, 2.45) is 0 Å². The summed E-state index contributed by atoms with van der Waals surface area (Å²) in [5.74, 6) is 1.16. The molecule has 0 aromatic carbocycles. The van der Waals surface area contributed by atoms with E-state index in [2.05, 4.69) is 15.3 Å². The fourth-order valence-electron chi connectivity index (χ4n) is 2.73. The highest BCUT2D eigenvalue weighted by Gasteiger charge is 2.31. The number of hydrogen-bond acceptors (Lipinski definition) is 4. The van der Waals surface area contributed by atoms with E-state index in [1.54, 1.807) is 18.3 Å². The van der Waals surface area contributed by atoms with E-state index in [0.29, 0.717) is 23.2 Å². The topological polar surface area (TPSA) is 41.0 Å². The van der Waals surface area contributed by atoms with Crippen molar-refractivity contribution in [2.45, 2.75) is 25.1 Å². The van der Waals surface area contributed by atoms with Crippen LogP contribution in [0.3, 0.4) is 0 Å². The lowest BCUT2D eigenvalue weighted by Crippen LogP contribution is -2.42. The zero-order valence-electron chi connectivity index (χ0n) is 12.7. The highest BCUT2D eigenvalue weighted by Crippen LogP contribution is 2.30. The maximum absolute atomic E-state index is 12.6. The molecule has 0 radical (unpaired) electrons. The number of hydrogen-bond donors (Lipinski definition) is 1. The monoisotopic (exact) mass is 356 g/mol. The molecular formula is C16H16ClF3N4. The number of nitrogens with zero attached hydrogens (tertiary/aromatic N) is 3. The van der Waals surface area contributed by atoms with Crippen molar-refractivity contribution in [3.05, 3.63) is 47.2 Å². The fraction of sp³-hybridized carbons (Fsp3) is 0.375. The Morgan fingerprint density at radius 2 is 2.04 bits per heavy atom. The molecule has 3 heterocycles. The van der Waals surface area contributed by atoms with Gasteiger partial charge in [-0.2, -0.15) is 13.2 Å². The molecule has 0 amide bonds. The maximum atomic E-state index is 12.6. The summed E-state index contributed by atoms with van der Waals surface area (Å²) in [6.07, 6.45) is 0.0102. The van der Waals surface area contributed by atoms with Crippen LogP contribution in [-0.4, -0.2) is 29.1 Å². The molecule has 8 heteroatoms. The second-order valence-electron chi connectivity index (χ2n) is 5.67. The molecule has 0 spiro atoms. The summed E-state index contributed by atoms with van der Waals surface area (Å²) < 4.78 is 37.9. The first-order chi connectivity index (χ1) is 11.4. The van der Waals surface area contributed by atoms with Crippen molar-refractivity contribution in [3.63, 3.8) is 0 Å². The van der Waals surface area contributed by atoms with Crippen LogP contribution in [0, 0.1) is 0 Å². The number of piperidine rings is 1. The third kappa shape index (κ3) is 3.90. The Morgan fingerprint density at radius 3 is 2.71 bits per heavy atom. The van der Waals surface area contributed by atoms with Crippen LogP contribution >= 0.6 is 11.6 Å². The number of nitrogens with one attached hydrogen (secondary N) is 1. The Bertz CT molecular complexity index is 690. The van der Waals surface area contributed by atoms with Crippen LogP contribution in [0.25, 0.3) is 0 Å². The predicted molar refractivity (Wildman–Crippen MR) is 87.3 cm³/mol. The molecule has 2 aromatic rings. The van der Waals surface area contributed by atoms with Crippen molar-refractivity contribution < 1.29 is 13.2 Å². The first kappa shape index (κ1) is 16.8. The molecule has 0 unspecified atom stereocenters. The minimum absolute atomic E-state index is 0.107. The highest BCUT2D eigenvalue weighted by molar-refractivity contribution is 6.32. The lowest BCUT2D eigenvalue weighted by Gasteiger charge is -2.34. The lowest BCUT2D eigenvalue weighted by atomic mass is 10.1. The number of pyridine rings is 2. The van der Waals surface area contributed by atoms with E-state index in [1.807, 2.05) is 4.90 Å². The molecular weight excluding hydrogens is 341 g/mol. The largest absolute Gasteiger partial charge is 0.417 e. The van der Waals surface area contributed by atoms with Crippen LogP contribution in [0.4, 0.5) is 24.8 Å². The SMILES string of the molecule is FC(F)(F)c1ccc(N2CCC[C@H](Nc3ncccc3Cl)C2)nc1. The molecule has 1 N–H and O–H groups in total. The highest BCUT2D eigenvalue weighted by atomic mass is 35.5. The Hall–Kier alpha value is -2.02.